The molecule has 0 spiro atoms. The van der Waals surface area contributed by atoms with Crippen LogP contribution in [0.1, 0.15) is 22.1 Å². The number of carbonyl (C=O) groups is 1. The summed E-state index contributed by atoms with van der Waals surface area (Å²) in [4.78, 5) is 21.0. The van der Waals surface area contributed by atoms with E-state index < -0.39 is 29.6 Å². The zero-order valence-electron chi connectivity index (χ0n) is 13.4. The van der Waals surface area contributed by atoms with E-state index in [9.17, 15) is 18.0 Å². The number of anilines is 1. The number of amides is 1. The number of halogens is 4. The highest BCUT2D eigenvalue weighted by molar-refractivity contribution is 6.31. The first-order chi connectivity index (χ1) is 12.8. The second kappa shape index (κ2) is 7.19. The molecule has 0 saturated heterocycles. The number of nitrogens with two attached hydrogens (primary N) is 1. The van der Waals surface area contributed by atoms with Crippen molar-refractivity contribution in [1.82, 2.24) is 30.3 Å². The summed E-state index contributed by atoms with van der Waals surface area (Å²) in [7, 11) is 0. The van der Waals surface area contributed by atoms with Crippen molar-refractivity contribution < 1.29 is 18.0 Å². The Bertz CT molecular complexity index is 948. The molecule has 0 unspecified atom stereocenters. The number of aromatic nitrogens is 5. The minimum absolute atomic E-state index is 0.0638. The first kappa shape index (κ1) is 18.6. The van der Waals surface area contributed by atoms with E-state index in [1.807, 2.05) is 5.32 Å². The minimum Gasteiger partial charge on any atom is -0.382 e. The summed E-state index contributed by atoms with van der Waals surface area (Å²) in [5, 5.41) is 9.17. The maximum Gasteiger partial charge on any atom is 0.412 e. The molecule has 0 fully saturated rings. The van der Waals surface area contributed by atoms with Crippen molar-refractivity contribution >= 4 is 23.3 Å². The Hall–Kier alpha value is -3.21. The maximum absolute atomic E-state index is 13.4. The van der Waals surface area contributed by atoms with Gasteiger partial charge in [-0.3, -0.25) is 4.79 Å². The van der Waals surface area contributed by atoms with Crippen molar-refractivity contribution in [3.05, 3.63) is 59.1 Å². The topological polar surface area (TPSA) is 112 Å². The van der Waals surface area contributed by atoms with E-state index in [2.05, 4.69) is 20.2 Å². The molecule has 0 radical (unpaired) electrons. The lowest BCUT2D eigenvalue weighted by molar-refractivity contribution is -0.155. The summed E-state index contributed by atoms with van der Waals surface area (Å²) in [6.45, 7) is 0. The normalized spacial score (nSPS) is 12.6. The van der Waals surface area contributed by atoms with Crippen molar-refractivity contribution in [2.24, 2.45) is 0 Å². The molecule has 0 aliphatic rings. The van der Waals surface area contributed by atoms with Crippen LogP contribution < -0.4 is 11.1 Å². The SMILES string of the molecule is Nc1nc(-n2nccn2)c(Cl)nc1C(=O)N[C@H](c1ccccc1)C(F)(F)F. The standard InChI is InChI=1S/C15H11ClF3N7O/c16-11-13(26-21-6-7-22-26)25-12(20)9(23-11)14(27)24-10(15(17,18)19)8-4-2-1-3-5-8/h1-7,10H,(H2,20,25)(H,24,27)/t10-/m1/s1. The van der Waals surface area contributed by atoms with E-state index in [1.165, 1.54) is 36.7 Å². The Morgan fingerprint density at radius 2 is 1.78 bits per heavy atom. The minimum atomic E-state index is -4.73. The van der Waals surface area contributed by atoms with Crippen LogP contribution in [0.3, 0.4) is 0 Å². The first-order valence-corrected chi connectivity index (χ1v) is 7.77. The van der Waals surface area contributed by atoms with Crippen molar-refractivity contribution in [2.75, 3.05) is 5.73 Å². The molecule has 1 amide bonds. The number of hydrogen-bond acceptors (Lipinski definition) is 6. The van der Waals surface area contributed by atoms with Gasteiger partial charge in [0.1, 0.15) is 0 Å². The van der Waals surface area contributed by atoms with Gasteiger partial charge in [-0.2, -0.15) is 23.4 Å². The highest BCUT2D eigenvalue weighted by Gasteiger charge is 2.42. The fourth-order valence-electron chi connectivity index (χ4n) is 2.24. The van der Waals surface area contributed by atoms with Gasteiger partial charge in [-0.05, 0) is 5.56 Å². The molecular formula is C15H11ClF3N7O. The predicted octanol–water partition coefficient (Wildman–Crippen LogP) is 2.33. The van der Waals surface area contributed by atoms with Crippen LogP contribution in [-0.4, -0.2) is 37.0 Å². The number of benzene rings is 1. The van der Waals surface area contributed by atoms with Gasteiger partial charge >= 0.3 is 6.18 Å². The third-order valence-electron chi connectivity index (χ3n) is 3.42. The molecule has 3 N–H and O–H groups in total. The van der Waals surface area contributed by atoms with Gasteiger partial charge in [0.15, 0.2) is 22.7 Å². The van der Waals surface area contributed by atoms with Gasteiger partial charge in [-0.25, -0.2) is 9.97 Å². The smallest absolute Gasteiger partial charge is 0.382 e. The molecule has 1 atom stereocenters. The van der Waals surface area contributed by atoms with Crippen LogP contribution in [0.5, 0.6) is 0 Å². The summed E-state index contributed by atoms with van der Waals surface area (Å²) in [6, 6.07) is 4.65. The summed E-state index contributed by atoms with van der Waals surface area (Å²) in [6.07, 6.45) is -2.03. The van der Waals surface area contributed by atoms with Gasteiger partial charge in [-0.1, -0.05) is 41.9 Å². The quantitative estimate of drug-likeness (QED) is 0.698. The zero-order valence-corrected chi connectivity index (χ0v) is 14.1. The number of nitrogen functional groups attached to an aromatic ring is 1. The molecule has 3 aromatic rings. The van der Waals surface area contributed by atoms with Crippen molar-refractivity contribution in [1.29, 1.82) is 0 Å². The van der Waals surface area contributed by atoms with Crippen LogP contribution in [0.15, 0.2) is 42.7 Å². The second-order valence-electron chi connectivity index (χ2n) is 5.25. The van der Waals surface area contributed by atoms with Gasteiger partial charge in [-0.15, -0.1) is 4.80 Å². The Kier molecular flexibility index (Phi) is 4.95. The Morgan fingerprint density at radius 3 is 2.37 bits per heavy atom. The van der Waals surface area contributed by atoms with Gasteiger partial charge in [0, 0.05) is 0 Å². The van der Waals surface area contributed by atoms with E-state index in [4.69, 9.17) is 17.3 Å². The van der Waals surface area contributed by atoms with E-state index in [-0.39, 0.29) is 16.5 Å². The summed E-state index contributed by atoms with van der Waals surface area (Å²) in [5.74, 6) is -1.66. The number of carbonyl (C=O) groups excluding carboxylic acids is 1. The average Bonchev–Trinajstić information content (AvgIpc) is 3.15. The third-order valence-corrected chi connectivity index (χ3v) is 3.68. The number of nitrogens with zero attached hydrogens (tertiary/aromatic N) is 5. The number of hydrogen-bond donors (Lipinski definition) is 2. The fourth-order valence-corrected chi connectivity index (χ4v) is 2.44. The second-order valence-corrected chi connectivity index (χ2v) is 5.61. The lowest BCUT2D eigenvalue weighted by Gasteiger charge is -2.22. The Balaban J connectivity index is 1.92. The van der Waals surface area contributed by atoms with Crippen molar-refractivity contribution in [3.63, 3.8) is 0 Å². The van der Waals surface area contributed by atoms with Crippen LogP contribution in [0.4, 0.5) is 19.0 Å². The Labute approximate surface area is 155 Å². The number of alkyl halides is 3. The summed E-state index contributed by atoms with van der Waals surface area (Å²) >= 11 is 5.95. The predicted molar refractivity (Wildman–Crippen MR) is 89.1 cm³/mol. The van der Waals surface area contributed by atoms with Gasteiger partial charge in [0.05, 0.1) is 12.4 Å². The average molecular weight is 398 g/mol. The highest BCUT2D eigenvalue weighted by atomic mass is 35.5. The molecule has 0 aliphatic heterocycles. The fraction of sp³-hybridized carbons (Fsp3) is 0.133. The molecule has 0 bridgehead atoms. The molecule has 3 rings (SSSR count). The van der Waals surface area contributed by atoms with Crippen LogP contribution in [0.2, 0.25) is 5.15 Å². The monoisotopic (exact) mass is 397 g/mol. The first-order valence-electron chi connectivity index (χ1n) is 7.39. The van der Waals surface area contributed by atoms with Crippen LogP contribution in [0, 0.1) is 0 Å². The highest BCUT2D eigenvalue weighted by Crippen LogP contribution is 2.33. The Morgan fingerprint density at radius 1 is 1.15 bits per heavy atom. The number of rotatable bonds is 4. The van der Waals surface area contributed by atoms with Gasteiger partial charge in [0.2, 0.25) is 5.82 Å². The summed E-state index contributed by atoms with van der Waals surface area (Å²) < 4.78 is 40.2. The molecule has 1 aromatic carbocycles. The van der Waals surface area contributed by atoms with Gasteiger partial charge in [0.25, 0.3) is 5.91 Å². The van der Waals surface area contributed by atoms with E-state index >= 15 is 0 Å². The van der Waals surface area contributed by atoms with Crippen LogP contribution >= 0.6 is 11.6 Å². The third kappa shape index (κ3) is 3.97. The zero-order chi connectivity index (χ0) is 19.6. The molecule has 2 aromatic heterocycles. The molecule has 12 heteroatoms. The summed E-state index contributed by atoms with van der Waals surface area (Å²) in [5.41, 5.74) is 4.99. The van der Waals surface area contributed by atoms with Crippen LogP contribution in [-0.2, 0) is 0 Å². The lowest BCUT2D eigenvalue weighted by atomic mass is 10.1. The molecule has 2 heterocycles. The molecule has 140 valence electrons. The number of nitrogens with one attached hydrogen (secondary N) is 1. The van der Waals surface area contributed by atoms with Crippen molar-refractivity contribution in [2.45, 2.75) is 12.2 Å². The molecule has 0 saturated carbocycles. The van der Waals surface area contributed by atoms with E-state index in [1.54, 1.807) is 6.07 Å². The van der Waals surface area contributed by atoms with Crippen LogP contribution in [0.25, 0.3) is 5.82 Å². The molecular weight excluding hydrogens is 387 g/mol. The van der Waals surface area contributed by atoms with E-state index in [0.29, 0.717) is 0 Å². The van der Waals surface area contributed by atoms with Gasteiger partial charge < -0.3 is 11.1 Å². The van der Waals surface area contributed by atoms with E-state index in [0.717, 1.165) is 4.80 Å². The lowest BCUT2D eigenvalue weighted by Crippen LogP contribution is -2.39. The largest absolute Gasteiger partial charge is 0.412 e. The molecule has 8 nitrogen and oxygen atoms in total. The van der Waals surface area contributed by atoms with Crippen molar-refractivity contribution in [3.8, 4) is 5.82 Å². The maximum atomic E-state index is 13.4. The molecule has 27 heavy (non-hydrogen) atoms. The molecule has 0 aliphatic carbocycles.